The van der Waals surface area contributed by atoms with E-state index in [4.69, 9.17) is 4.99 Å². The van der Waals surface area contributed by atoms with Gasteiger partial charge in [-0.25, -0.2) is 4.99 Å². The molecule has 0 radical (unpaired) electrons. The lowest BCUT2D eigenvalue weighted by Gasteiger charge is -2.14. The molecule has 0 unspecified atom stereocenters. The molecule has 22 heavy (non-hydrogen) atoms. The first-order chi connectivity index (χ1) is 10.6. The minimum absolute atomic E-state index is 0.184. The van der Waals surface area contributed by atoms with Crippen LogP contribution in [-0.2, 0) is 17.6 Å². The Hall–Kier alpha value is -1.96. The molecule has 1 aromatic carbocycles. The number of aliphatic imine (C=N–C) groups is 1. The predicted molar refractivity (Wildman–Crippen MR) is 94.0 cm³/mol. The van der Waals surface area contributed by atoms with Crippen molar-refractivity contribution in [3.8, 4) is 0 Å². The van der Waals surface area contributed by atoms with Crippen LogP contribution in [0.1, 0.15) is 51.7 Å². The van der Waals surface area contributed by atoms with Crippen LogP contribution in [0, 0.1) is 0 Å². The summed E-state index contributed by atoms with van der Waals surface area (Å²) in [5, 5.41) is 0. The van der Waals surface area contributed by atoms with Crippen LogP contribution in [0.4, 0.5) is 5.69 Å². The molecule has 1 aliphatic carbocycles. The Balaban J connectivity index is 2.55. The van der Waals surface area contributed by atoms with Crippen molar-refractivity contribution < 1.29 is 4.79 Å². The van der Waals surface area contributed by atoms with Crippen molar-refractivity contribution in [1.29, 1.82) is 0 Å². The number of carbonyl (C=O) groups excluding carboxylic acids is 1. The quantitative estimate of drug-likeness (QED) is 0.692. The second-order valence-electron chi connectivity index (χ2n) is 5.54. The van der Waals surface area contributed by atoms with Gasteiger partial charge in [-0.2, -0.15) is 0 Å². The first-order valence-electron chi connectivity index (χ1n) is 8.29. The topological polar surface area (TPSA) is 29.4 Å². The Bertz CT molecular complexity index is 614. The van der Waals surface area contributed by atoms with Gasteiger partial charge in [-0.15, -0.1) is 0 Å². The minimum atomic E-state index is 0.184. The summed E-state index contributed by atoms with van der Waals surface area (Å²) in [4.78, 5) is 17.1. The number of rotatable bonds is 5. The Labute approximate surface area is 133 Å². The maximum absolute atomic E-state index is 12.2. The third-order valence-electron chi connectivity index (χ3n) is 4.20. The van der Waals surface area contributed by atoms with Gasteiger partial charge in [0, 0.05) is 11.1 Å². The van der Waals surface area contributed by atoms with E-state index in [9.17, 15) is 4.79 Å². The average Bonchev–Trinajstić information content (AvgIpc) is 2.56. The number of Topliss-reactive ketones (excluding diaryl/α,β-unsaturated/α-hetero) is 1. The van der Waals surface area contributed by atoms with Crippen LogP contribution in [0.15, 0.2) is 46.5 Å². The summed E-state index contributed by atoms with van der Waals surface area (Å²) < 4.78 is 0. The third kappa shape index (κ3) is 3.27. The van der Waals surface area contributed by atoms with Gasteiger partial charge in [-0.05, 0) is 49.0 Å². The molecular formula is C20H25NO. The molecule has 0 aromatic heterocycles. The first-order valence-corrected chi connectivity index (χ1v) is 8.29. The van der Waals surface area contributed by atoms with Crippen LogP contribution in [0.5, 0.6) is 0 Å². The highest BCUT2D eigenvalue weighted by molar-refractivity contribution is 6.22. The molecule has 0 saturated carbocycles. The summed E-state index contributed by atoms with van der Waals surface area (Å²) in [5.74, 6) is 0.184. The molecular weight excluding hydrogens is 270 g/mol. The second kappa shape index (κ2) is 7.35. The van der Waals surface area contributed by atoms with Gasteiger partial charge in [0.15, 0.2) is 5.78 Å². The molecule has 0 N–H and O–H groups in total. The maximum Gasteiger partial charge on any atom is 0.185 e. The highest BCUT2D eigenvalue weighted by atomic mass is 16.1. The molecule has 116 valence electrons. The van der Waals surface area contributed by atoms with E-state index in [0.29, 0.717) is 0 Å². The van der Waals surface area contributed by atoms with Gasteiger partial charge in [-0.1, -0.05) is 45.9 Å². The van der Waals surface area contributed by atoms with Gasteiger partial charge in [0.2, 0.25) is 0 Å². The number of ketones is 1. The summed E-state index contributed by atoms with van der Waals surface area (Å²) in [5.41, 5.74) is 6.25. The molecule has 0 bridgehead atoms. The highest BCUT2D eigenvalue weighted by Gasteiger charge is 2.18. The number of allylic oxidation sites excluding steroid dienone is 4. The van der Waals surface area contributed by atoms with Crippen molar-refractivity contribution in [3.05, 3.63) is 52.6 Å². The van der Waals surface area contributed by atoms with Gasteiger partial charge in [0.05, 0.1) is 11.4 Å². The molecule has 0 atom stereocenters. The molecule has 0 heterocycles. The molecule has 0 spiro atoms. The largest absolute Gasteiger partial charge is 0.289 e. The fourth-order valence-corrected chi connectivity index (χ4v) is 2.81. The zero-order valence-corrected chi connectivity index (χ0v) is 14.1. The van der Waals surface area contributed by atoms with Crippen molar-refractivity contribution in [1.82, 2.24) is 0 Å². The highest BCUT2D eigenvalue weighted by Crippen LogP contribution is 2.28. The van der Waals surface area contributed by atoms with Crippen LogP contribution in [0.3, 0.4) is 0 Å². The first kappa shape index (κ1) is 16.4. The fraction of sp³-hybridized carbons (Fsp3) is 0.400. The molecule has 2 nitrogen and oxygen atoms in total. The van der Waals surface area contributed by atoms with Gasteiger partial charge < -0.3 is 0 Å². The Kier molecular flexibility index (Phi) is 5.48. The monoisotopic (exact) mass is 295 g/mol. The summed E-state index contributed by atoms with van der Waals surface area (Å²) >= 11 is 0. The molecule has 2 rings (SSSR count). The van der Waals surface area contributed by atoms with Crippen LogP contribution < -0.4 is 0 Å². The number of carbonyl (C=O) groups is 1. The van der Waals surface area contributed by atoms with E-state index in [2.05, 4.69) is 32.0 Å². The lowest BCUT2D eigenvalue weighted by Crippen LogP contribution is -2.13. The molecule has 0 saturated heterocycles. The number of benzene rings is 1. The average molecular weight is 295 g/mol. The van der Waals surface area contributed by atoms with E-state index < -0.39 is 0 Å². The lowest BCUT2D eigenvalue weighted by atomic mass is 9.92. The summed E-state index contributed by atoms with van der Waals surface area (Å²) in [6.07, 6.45) is 7.35. The van der Waals surface area contributed by atoms with Crippen molar-refractivity contribution in [2.75, 3.05) is 0 Å². The molecule has 2 heteroatoms. The van der Waals surface area contributed by atoms with Crippen molar-refractivity contribution in [3.63, 3.8) is 0 Å². The van der Waals surface area contributed by atoms with Crippen LogP contribution >= 0.6 is 0 Å². The molecule has 1 aliphatic rings. The Morgan fingerprint density at radius 3 is 1.73 bits per heavy atom. The van der Waals surface area contributed by atoms with E-state index in [1.165, 1.54) is 11.1 Å². The van der Waals surface area contributed by atoms with Crippen LogP contribution in [0.2, 0.25) is 0 Å². The minimum Gasteiger partial charge on any atom is -0.289 e. The molecule has 1 aromatic rings. The number of nitrogens with zero attached hydrogens (tertiary/aromatic N) is 1. The second-order valence-corrected chi connectivity index (χ2v) is 5.54. The van der Waals surface area contributed by atoms with Gasteiger partial charge in [-0.3, -0.25) is 4.79 Å². The van der Waals surface area contributed by atoms with Crippen molar-refractivity contribution in [2.45, 2.75) is 53.4 Å². The van der Waals surface area contributed by atoms with E-state index in [1.54, 1.807) is 0 Å². The van der Waals surface area contributed by atoms with E-state index in [0.717, 1.165) is 48.2 Å². The van der Waals surface area contributed by atoms with E-state index in [1.807, 2.05) is 26.0 Å². The van der Waals surface area contributed by atoms with Crippen molar-refractivity contribution >= 4 is 17.2 Å². The smallest absolute Gasteiger partial charge is 0.185 e. The summed E-state index contributed by atoms with van der Waals surface area (Å²) in [6.45, 7) is 8.36. The fourth-order valence-electron chi connectivity index (χ4n) is 2.81. The van der Waals surface area contributed by atoms with Gasteiger partial charge in [0.25, 0.3) is 0 Å². The van der Waals surface area contributed by atoms with Crippen LogP contribution in [0.25, 0.3) is 0 Å². The van der Waals surface area contributed by atoms with Gasteiger partial charge in [0.1, 0.15) is 0 Å². The molecule has 0 amide bonds. The molecule has 0 fully saturated rings. The molecule has 0 aliphatic heterocycles. The number of hydrogen-bond acceptors (Lipinski definition) is 2. The van der Waals surface area contributed by atoms with Gasteiger partial charge >= 0.3 is 0 Å². The Morgan fingerprint density at radius 1 is 0.818 bits per heavy atom. The third-order valence-corrected chi connectivity index (χ3v) is 4.20. The standard InChI is InChI=1S/C20H25NO/c1-5-14-10-9-11-15(6-2)19(14)21-18-12-16(7-3)20(22)17(8-4)13-18/h9-13H,5-8H2,1-4H3. The summed E-state index contributed by atoms with van der Waals surface area (Å²) in [7, 11) is 0. The maximum atomic E-state index is 12.2. The number of hydrogen-bond donors (Lipinski definition) is 0. The summed E-state index contributed by atoms with van der Waals surface area (Å²) in [6, 6.07) is 6.38. The number of para-hydroxylation sites is 1. The lowest BCUT2D eigenvalue weighted by molar-refractivity contribution is -0.112. The SMILES string of the molecule is CCC1=CC(=Nc2c(CC)cccc2CC)C=C(CC)C1=O. The van der Waals surface area contributed by atoms with E-state index in [-0.39, 0.29) is 5.78 Å². The zero-order valence-electron chi connectivity index (χ0n) is 14.1. The van der Waals surface area contributed by atoms with Crippen molar-refractivity contribution in [2.24, 2.45) is 4.99 Å². The van der Waals surface area contributed by atoms with E-state index >= 15 is 0 Å². The number of aryl methyl sites for hydroxylation is 2. The Morgan fingerprint density at radius 2 is 1.32 bits per heavy atom. The van der Waals surface area contributed by atoms with Crippen LogP contribution in [-0.4, -0.2) is 11.5 Å². The normalized spacial score (nSPS) is 14.7. The zero-order chi connectivity index (χ0) is 16.1. The predicted octanol–water partition coefficient (Wildman–Crippen LogP) is 5.14.